The number of ether oxygens (including phenoxy) is 2. The minimum absolute atomic E-state index is 0.0167. The standard InChI is InChI=1S/C19H20N2O7S/c1-13-11-20(12-14(2)27-13)29(25,26)18-5-3-4-15(10-18)19(22)28-17-8-6-16(7-9-17)21(23)24/h3-10,13-14H,11-12H2,1-2H3. The lowest BCUT2D eigenvalue weighted by Crippen LogP contribution is -2.48. The Morgan fingerprint density at radius 3 is 2.34 bits per heavy atom. The van der Waals surface area contributed by atoms with Crippen molar-refractivity contribution in [1.82, 2.24) is 4.31 Å². The number of nitro groups is 1. The summed E-state index contributed by atoms with van der Waals surface area (Å²) in [5, 5.41) is 10.7. The van der Waals surface area contributed by atoms with Gasteiger partial charge >= 0.3 is 5.97 Å². The van der Waals surface area contributed by atoms with E-state index >= 15 is 0 Å². The zero-order chi connectivity index (χ0) is 21.2. The van der Waals surface area contributed by atoms with Crippen LogP contribution >= 0.6 is 0 Å². The molecule has 0 spiro atoms. The monoisotopic (exact) mass is 420 g/mol. The van der Waals surface area contributed by atoms with Gasteiger partial charge in [-0.2, -0.15) is 4.31 Å². The molecule has 0 aliphatic carbocycles. The van der Waals surface area contributed by atoms with Crippen LogP contribution < -0.4 is 4.74 Å². The van der Waals surface area contributed by atoms with E-state index < -0.39 is 20.9 Å². The highest BCUT2D eigenvalue weighted by atomic mass is 32.2. The highest BCUT2D eigenvalue weighted by molar-refractivity contribution is 7.89. The first-order chi connectivity index (χ1) is 13.7. The molecule has 2 aromatic rings. The number of hydrogen-bond donors (Lipinski definition) is 0. The molecule has 10 heteroatoms. The van der Waals surface area contributed by atoms with E-state index in [0.29, 0.717) is 0 Å². The molecule has 1 aliphatic heterocycles. The number of morpholine rings is 1. The summed E-state index contributed by atoms with van der Waals surface area (Å²) >= 11 is 0. The van der Waals surface area contributed by atoms with Crippen LogP contribution in [-0.2, 0) is 14.8 Å². The van der Waals surface area contributed by atoms with Gasteiger partial charge in [0, 0.05) is 25.2 Å². The van der Waals surface area contributed by atoms with Gasteiger partial charge in [-0.15, -0.1) is 0 Å². The van der Waals surface area contributed by atoms with E-state index in [-0.39, 0.29) is 47.2 Å². The Hall–Kier alpha value is -2.82. The predicted molar refractivity (Wildman–Crippen MR) is 103 cm³/mol. The molecule has 1 heterocycles. The van der Waals surface area contributed by atoms with Gasteiger partial charge in [-0.05, 0) is 44.2 Å². The Kier molecular flexibility index (Phi) is 5.96. The molecule has 154 valence electrons. The Morgan fingerprint density at radius 2 is 1.76 bits per heavy atom. The smallest absolute Gasteiger partial charge is 0.343 e. The summed E-state index contributed by atoms with van der Waals surface area (Å²) in [6.07, 6.45) is -0.465. The minimum Gasteiger partial charge on any atom is -0.423 e. The van der Waals surface area contributed by atoms with Crippen LogP contribution in [0.5, 0.6) is 5.75 Å². The van der Waals surface area contributed by atoms with Crippen LogP contribution in [0.15, 0.2) is 53.4 Å². The first kappa shape index (κ1) is 20.9. The van der Waals surface area contributed by atoms with E-state index in [1.54, 1.807) is 13.8 Å². The maximum absolute atomic E-state index is 13.0. The molecular formula is C19H20N2O7S. The van der Waals surface area contributed by atoms with Crippen molar-refractivity contribution >= 4 is 21.7 Å². The molecule has 29 heavy (non-hydrogen) atoms. The topological polar surface area (TPSA) is 116 Å². The molecule has 0 saturated carbocycles. The van der Waals surface area contributed by atoms with Gasteiger partial charge in [0.2, 0.25) is 10.0 Å². The summed E-state index contributed by atoms with van der Waals surface area (Å²) < 4.78 is 38.0. The van der Waals surface area contributed by atoms with E-state index in [1.807, 2.05) is 0 Å². The number of hydrogen-bond acceptors (Lipinski definition) is 7. The first-order valence-electron chi connectivity index (χ1n) is 8.89. The Labute approximate surface area is 168 Å². The summed E-state index contributed by atoms with van der Waals surface area (Å²) in [4.78, 5) is 22.5. The second kappa shape index (κ2) is 8.27. The van der Waals surface area contributed by atoms with Gasteiger partial charge in [-0.25, -0.2) is 13.2 Å². The number of rotatable bonds is 5. The molecule has 1 saturated heterocycles. The molecular weight excluding hydrogens is 400 g/mol. The van der Waals surface area contributed by atoms with Crippen LogP contribution in [-0.4, -0.2) is 48.9 Å². The molecule has 0 N–H and O–H groups in total. The van der Waals surface area contributed by atoms with Crippen LogP contribution in [0.25, 0.3) is 0 Å². The number of esters is 1. The Balaban J connectivity index is 1.79. The van der Waals surface area contributed by atoms with Crippen LogP contribution in [0.2, 0.25) is 0 Å². The molecule has 3 rings (SSSR count). The van der Waals surface area contributed by atoms with Crippen molar-refractivity contribution < 1.29 is 27.6 Å². The van der Waals surface area contributed by atoms with E-state index in [0.717, 1.165) is 0 Å². The lowest BCUT2D eigenvalue weighted by atomic mass is 10.2. The van der Waals surface area contributed by atoms with E-state index in [9.17, 15) is 23.3 Å². The van der Waals surface area contributed by atoms with Crippen molar-refractivity contribution in [3.63, 3.8) is 0 Å². The van der Waals surface area contributed by atoms with Gasteiger partial charge in [-0.3, -0.25) is 10.1 Å². The summed E-state index contributed by atoms with van der Waals surface area (Å²) in [6, 6.07) is 10.6. The SMILES string of the molecule is CC1CN(S(=O)(=O)c2cccc(C(=O)Oc3ccc([N+](=O)[O-])cc3)c2)CC(C)O1. The number of nitro benzene ring substituents is 1. The quantitative estimate of drug-likeness (QED) is 0.316. The molecule has 0 bridgehead atoms. The summed E-state index contributed by atoms with van der Waals surface area (Å²) in [6.45, 7) is 4.06. The lowest BCUT2D eigenvalue weighted by Gasteiger charge is -2.34. The molecule has 0 radical (unpaired) electrons. The third-order valence-electron chi connectivity index (χ3n) is 4.35. The van der Waals surface area contributed by atoms with Gasteiger partial charge in [-0.1, -0.05) is 6.07 Å². The fraction of sp³-hybridized carbons (Fsp3) is 0.316. The van der Waals surface area contributed by atoms with Crippen molar-refractivity contribution in [2.75, 3.05) is 13.1 Å². The summed E-state index contributed by atoms with van der Waals surface area (Å²) in [5.74, 6) is -0.649. The second-order valence-corrected chi connectivity index (χ2v) is 8.69. The van der Waals surface area contributed by atoms with E-state index in [1.165, 1.54) is 52.8 Å². The maximum atomic E-state index is 13.0. The number of non-ortho nitro benzene ring substituents is 1. The Bertz CT molecular complexity index is 1010. The fourth-order valence-electron chi connectivity index (χ4n) is 3.06. The third-order valence-corrected chi connectivity index (χ3v) is 6.18. The number of sulfonamides is 1. The summed E-state index contributed by atoms with van der Waals surface area (Å²) in [5.41, 5.74) is -0.0781. The lowest BCUT2D eigenvalue weighted by molar-refractivity contribution is -0.384. The van der Waals surface area contributed by atoms with Crippen LogP contribution in [0.3, 0.4) is 0 Å². The average molecular weight is 420 g/mol. The van der Waals surface area contributed by atoms with Gasteiger partial charge in [0.05, 0.1) is 27.6 Å². The normalized spacial score (nSPS) is 20.2. The van der Waals surface area contributed by atoms with Crippen molar-refractivity contribution in [3.05, 3.63) is 64.2 Å². The van der Waals surface area contributed by atoms with Crippen LogP contribution in [0, 0.1) is 10.1 Å². The molecule has 2 unspecified atom stereocenters. The van der Waals surface area contributed by atoms with Crippen molar-refractivity contribution in [3.8, 4) is 5.75 Å². The van der Waals surface area contributed by atoms with Gasteiger partial charge in [0.25, 0.3) is 5.69 Å². The number of benzene rings is 2. The highest BCUT2D eigenvalue weighted by Crippen LogP contribution is 2.23. The average Bonchev–Trinajstić information content (AvgIpc) is 2.67. The fourth-order valence-corrected chi connectivity index (χ4v) is 4.70. The Morgan fingerprint density at radius 1 is 1.14 bits per heavy atom. The van der Waals surface area contributed by atoms with Gasteiger partial charge in [0.15, 0.2) is 0 Å². The van der Waals surface area contributed by atoms with Gasteiger partial charge < -0.3 is 9.47 Å². The first-order valence-corrected chi connectivity index (χ1v) is 10.3. The number of carbonyl (C=O) groups is 1. The van der Waals surface area contributed by atoms with E-state index in [2.05, 4.69) is 0 Å². The maximum Gasteiger partial charge on any atom is 0.343 e. The second-order valence-electron chi connectivity index (χ2n) is 6.75. The number of carbonyl (C=O) groups excluding carboxylic acids is 1. The molecule has 9 nitrogen and oxygen atoms in total. The zero-order valence-electron chi connectivity index (χ0n) is 15.8. The largest absolute Gasteiger partial charge is 0.423 e. The molecule has 2 atom stereocenters. The summed E-state index contributed by atoms with van der Waals surface area (Å²) in [7, 11) is -3.80. The molecule has 1 aliphatic rings. The van der Waals surface area contributed by atoms with Crippen molar-refractivity contribution in [1.29, 1.82) is 0 Å². The van der Waals surface area contributed by atoms with E-state index in [4.69, 9.17) is 9.47 Å². The molecule has 1 fully saturated rings. The number of nitrogens with zero attached hydrogens (tertiary/aromatic N) is 2. The molecule has 0 amide bonds. The third kappa shape index (κ3) is 4.78. The van der Waals surface area contributed by atoms with Crippen LogP contribution in [0.4, 0.5) is 5.69 Å². The van der Waals surface area contributed by atoms with Crippen molar-refractivity contribution in [2.45, 2.75) is 31.0 Å². The highest BCUT2D eigenvalue weighted by Gasteiger charge is 2.32. The minimum atomic E-state index is -3.80. The van der Waals surface area contributed by atoms with Crippen LogP contribution in [0.1, 0.15) is 24.2 Å². The predicted octanol–water partition coefficient (Wildman–Crippen LogP) is 2.61. The zero-order valence-corrected chi connectivity index (χ0v) is 16.7. The van der Waals surface area contributed by atoms with Crippen molar-refractivity contribution in [2.24, 2.45) is 0 Å². The van der Waals surface area contributed by atoms with Gasteiger partial charge in [0.1, 0.15) is 5.75 Å². The molecule has 0 aromatic heterocycles. The molecule has 2 aromatic carbocycles.